The van der Waals surface area contributed by atoms with Gasteiger partial charge in [-0.15, -0.1) is 0 Å². The fraction of sp³-hybridized carbons (Fsp3) is 0.382. The third kappa shape index (κ3) is 7.64. The van der Waals surface area contributed by atoms with E-state index in [0.29, 0.717) is 34.5 Å². The summed E-state index contributed by atoms with van der Waals surface area (Å²) >= 11 is 5.86. The first kappa shape index (κ1) is 31.4. The van der Waals surface area contributed by atoms with E-state index in [2.05, 4.69) is 35.2 Å². The van der Waals surface area contributed by atoms with Crippen LogP contribution in [0, 0.1) is 12.7 Å². The lowest BCUT2D eigenvalue weighted by molar-refractivity contribution is 0.101. The molecule has 1 aliphatic rings. The van der Waals surface area contributed by atoms with E-state index >= 15 is 0 Å². The van der Waals surface area contributed by atoms with E-state index < -0.39 is 0 Å². The zero-order valence-corrected chi connectivity index (χ0v) is 25.9. The number of halogens is 2. The van der Waals surface area contributed by atoms with Crippen LogP contribution in [0.3, 0.4) is 0 Å². The van der Waals surface area contributed by atoms with Gasteiger partial charge in [-0.2, -0.15) is 0 Å². The molecule has 0 amide bonds. The van der Waals surface area contributed by atoms with Gasteiger partial charge in [0, 0.05) is 64.5 Å². The lowest BCUT2D eigenvalue weighted by Crippen LogP contribution is -2.43. The maximum absolute atomic E-state index is 14.1. The number of pyridine rings is 1. The molecule has 42 heavy (non-hydrogen) atoms. The van der Waals surface area contributed by atoms with Gasteiger partial charge in [0.1, 0.15) is 12.4 Å². The number of piperidine rings is 1. The molecule has 1 aliphatic heterocycles. The normalized spacial score (nSPS) is 15.4. The fourth-order valence-electron chi connectivity index (χ4n) is 5.36. The van der Waals surface area contributed by atoms with Gasteiger partial charge < -0.3 is 9.64 Å². The van der Waals surface area contributed by atoms with Crippen molar-refractivity contribution in [3.8, 4) is 5.88 Å². The molecule has 1 fully saturated rings. The number of carbonyl (C=O) groups excluding carboxylic acids is 1. The molecule has 4 rings (SSSR count). The highest BCUT2D eigenvalue weighted by atomic mass is 35.5. The highest BCUT2D eigenvalue weighted by Crippen LogP contribution is 2.31. The van der Waals surface area contributed by atoms with Crippen LogP contribution in [0.5, 0.6) is 5.88 Å². The smallest absolute Gasteiger partial charge is 0.213 e. The van der Waals surface area contributed by atoms with Gasteiger partial charge in [0.2, 0.25) is 5.88 Å². The Balaban J connectivity index is 1.41. The van der Waals surface area contributed by atoms with Crippen LogP contribution in [0.4, 0.5) is 10.1 Å². The summed E-state index contributed by atoms with van der Waals surface area (Å²) in [6, 6.07) is 16.2. The van der Waals surface area contributed by atoms with E-state index in [1.165, 1.54) is 6.07 Å². The lowest BCUT2D eigenvalue weighted by atomic mass is 9.93. The number of aryl methyl sites for hydroxylation is 1. The van der Waals surface area contributed by atoms with E-state index in [4.69, 9.17) is 21.3 Å². The average Bonchev–Trinajstić information content (AvgIpc) is 2.97. The number of aromatic nitrogens is 1. The summed E-state index contributed by atoms with van der Waals surface area (Å²) in [5.41, 5.74) is 6.14. The molecule has 0 bridgehead atoms. The Hall–Kier alpha value is -3.55. The van der Waals surface area contributed by atoms with E-state index in [0.717, 1.165) is 54.3 Å². The Morgan fingerprint density at radius 2 is 1.93 bits per heavy atom. The molecule has 0 N–H and O–H groups in total. The first-order valence-electron chi connectivity index (χ1n) is 14.3. The number of ether oxygens (including phenoxy) is 1. The average molecular weight is 591 g/mol. The standard InChI is InChI=1S/C34H40ClFN4O2/c1-22-10-11-28(26(5)41)18-33(22)40(25(4)24(3)37-6)23(2)20-39-16-14-27(15-17-39)32-8-7-9-34(38-32)42-21-29-12-13-30(35)19-31(29)36/h7-13,18-19,25,27H,2,14-17,20-21H2,1,3-6H3. The van der Waals surface area contributed by atoms with Crippen LogP contribution in [-0.4, -0.2) is 54.1 Å². The predicted octanol–water partition coefficient (Wildman–Crippen LogP) is 7.64. The minimum absolute atomic E-state index is 0.00534. The zero-order chi connectivity index (χ0) is 30.4. The molecule has 6 nitrogen and oxygen atoms in total. The van der Waals surface area contributed by atoms with Crippen LogP contribution in [0.1, 0.15) is 66.7 Å². The Bertz CT molecular complexity index is 1470. The molecule has 0 saturated carbocycles. The lowest BCUT2D eigenvalue weighted by Gasteiger charge is -2.38. The van der Waals surface area contributed by atoms with Gasteiger partial charge in [0.25, 0.3) is 0 Å². The van der Waals surface area contributed by atoms with E-state index in [1.807, 2.05) is 37.3 Å². The van der Waals surface area contributed by atoms with Gasteiger partial charge >= 0.3 is 0 Å². The number of anilines is 1. The molecule has 3 aromatic rings. The van der Waals surface area contributed by atoms with E-state index in [9.17, 15) is 9.18 Å². The molecule has 1 atom stereocenters. The molecule has 2 heterocycles. The number of likely N-dealkylation sites (tertiary alicyclic amines) is 1. The van der Waals surface area contributed by atoms with Crippen LogP contribution in [-0.2, 0) is 6.61 Å². The largest absolute Gasteiger partial charge is 0.473 e. The molecular formula is C34H40ClFN4O2. The molecule has 8 heteroatoms. The predicted molar refractivity (Wildman–Crippen MR) is 170 cm³/mol. The van der Waals surface area contributed by atoms with Crippen LogP contribution < -0.4 is 9.64 Å². The fourth-order valence-corrected chi connectivity index (χ4v) is 5.52. The van der Waals surface area contributed by atoms with Crippen LogP contribution >= 0.6 is 11.6 Å². The number of aliphatic imine (C=N–C) groups is 1. The number of nitrogens with zero attached hydrogens (tertiary/aromatic N) is 4. The SMILES string of the molecule is C=C(CN1CCC(c2cccc(OCc3ccc(Cl)cc3F)n2)CC1)N(c1cc(C(C)=O)ccc1C)C(C)C(C)=NC. The number of hydrogen-bond acceptors (Lipinski definition) is 6. The summed E-state index contributed by atoms with van der Waals surface area (Å²) in [6.07, 6.45) is 1.92. The Morgan fingerprint density at radius 3 is 2.60 bits per heavy atom. The number of hydrogen-bond donors (Lipinski definition) is 0. The van der Waals surface area contributed by atoms with Crippen molar-refractivity contribution in [1.82, 2.24) is 9.88 Å². The highest BCUT2D eigenvalue weighted by molar-refractivity contribution is 6.30. The maximum atomic E-state index is 14.1. The first-order valence-corrected chi connectivity index (χ1v) is 14.7. The highest BCUT2D eigenvalue weighted by Gasteiger charge is 2.27. The first-order chi connectivity index (χ1) is 20.1. The molecule has 1 unspecified atom stereocenters. The van der Waals surface area contributed by atoms with E-state index in [-0.39, 0.29) is 24.2 Å². The van der Waals surface area contributed by atoms with Crippen molar-refractivity contribution in [3.05, 3.63) is 100 Å². The second kappa shape index (κ2) is 14.1. The molecule has 2 aromatic carbocycles. The Labute approximate surface area is 253 Å². The quantitative estimate of drug-likeness (QED) is 0.170. The number of rotatable bonds is 11. The van der Waals surface area contributed by atoms with Crippen molar-refractivity contribution in [2.75, 3.05) is 31.6 Å². The van der Waals surface area contributed by atoms with Crippen LogP contribution in [0.25, 0.3) is 0 Å². The van der Waals surface area contributed by atoms with Crippen molar-refractivity contribution < 1.29 is 13.9 Å². The van der Waals surface area contributed by atoms with Gasteiger partial charge in [-0.25, -0.2) is 9.37 Å². The van der Waals surface area contributed by atoms with Crippen molar-refractivity contribution in [3.63, 3.8) is 0 Å². The number of ketones is 1. The van der Waals surface area contributed by atoms with Crippen molar-refractivity contribution in [2.45, 2.75) is 59.1 Å². The molecule has 1 saturated heterocycles. The summed E-state index contributed by atoms with van der Waals surface area (Å²) in [4.78, 5) is 26.0. The Morgan fingerprint density at radius 1 is 1.19 bits per heavy atom. The third-order valence-electron chi connectivity index (χ3n) is 8.11. The zero-order valence-electron chi connectivity index (χ0n) is 25.2. The number of benzene rings is 2. The summed E-state index contributed by atoms with van der Waals surface area (Å²) in [5.74, 6) is 0.444. The van der Waals surface area contributed by atoms with Gasteiger partial charge in [0.05, 0.1) is 6.04 Å². The molecule has 0 aliphatic carbocycles. The van der Waals surface area contributed by atoms with Crippen molar-refractivity contribution in [2.24, 2.45) is 4.99 Å². The van der Waals surface area contributed by atoms with Crippen LogP contribution in [0.15, 0.2) is 71.9 Å². The van der Waals surface area contributed by atoms with Gasteiger partial charge in [0.15, 0.2) is 5.78 Å². The second-order valence-corrected chi connectivity index (χ2v) is 11.4. The molecule has 0 radical (unpaired) electrons. The van der Waals surface area contributed by atoms with Gasteiger partial charge in [-0.05, 0) is 83.5 Å². The summed E-state index contributed by atoms with van der Waals surface area (Å²) in [6.45, 7) is 14.9. The van der Waals surface area contributed by atoms with Gasteiger partial charge in [-0.3, -0.25) is 14.7 Å². The van der Waals surface area contributed by atoms with Crippen molar-refractivity contribution in [1.29, 1.82) is 0 Å². The summed E-state index contributed by atoms with van der Waals surface area (Å²) in [5, 5.41) is 0.357. The number of carbonyl (C=O) groups is 1. The molecule has 222 valence electrons. The van der Waals surface area contributed by atoms with Crippen LogP contribution in [0.2, 0.25) is 5.02 Å². The van der Waals surface area contributed by atoms with Crippen molar-refractivity contribution >= 4 is 28.8 Å². The summed E-state index contributed by atoms with van der Waals surface area (Å²) in [7, 11) is 1.81. The second-order valence-electron chi connectivity index (χ2n) is 11.0. The Kier molecular flexibility index (Phi) is 10.5. The monoisotopic (exact) mass is 590 g/mol. The topological polar surface area (TPSA) is 58.0 Å². The van der Waals surface area contributed by atoms with Gasteiger partial charge in [-0.1, -0.05) is 42.4 Å². The minimum atomic E-state index is -0.389. The third-order valence-corrected chi connectivity index (χ3v) is 8.34. The summed E-state index contributed by atoms with van der Waals surface area (Å²) < 4.78 is 20.0. The molecular weight excluding hydrogens is 551 g/mol. The number of Topliss-reactive ketones (excluding diaryl/α,β-unsaturated/α-hetero) is 1. The molecule has 1 aromatic heterocycles. The maximum Gasteiger partial charge on any atom is 0.213 e. The van der Waals surface area contributed by atoms with E-state index in [1.54, 1.807) is 32.2 Å². The molecule has 0 spiro atoms. The minimum Gasteiger partial charge on any atom is -0.473 e.